The van der Waals surface area contributed by atoms with Crippen LogP contribution in [0.4, 0.5) is 0 Å². The number of oxazole rings is 1. The molecule has 0 atom stereocenters. The largest absolute Gasteiger partial charge is 0.444 e. The number of hydrogen-bond donors (Lipinski definition) is 2. The molecule has 0 saturated heterocycles. The van der Waals surface area contributed by atoms with Crippen LogP contribution in [0.3, 0.4) is 0 Å². The summed E-state index contributed by atoms with van der Waals surface area (Å²) < 4.78 is 5.61. The van der Waals surface area contributed by atoms with Crippen LogP contribution in [0.1, 0.15) is 43.9 Å². The quantitative estimate of drug-likeness (QED) is 0.622. The zero-order valence-electron chi connectivity index (χ0n) is 15.2. The molecule has 1 aliphatic carbocycles. The van der Waals surface area contributed by atoms with Crippen molar-refractivity contribution < 1.29 is 4.42 Å². The molecule has 134 valence electrons. The van der Waals surface area contributed by atoms with Crippen molar-refractivity contribution >= 4 is 5.96 Å². The van der Waals surface area contributed by atoms with Gasteiger partial charge in [-0.2, -0.15) is 0 Å². The molecule has 2 aromatic rings. The molecule has 25 heavy (non-hydrogen) atoms. The van der Waals surface area contributed by atoms with E-state index >= 15 is 0 Å². The molecular weight excluding hydrogens is 312 g/mol. The predicted octanol–water partition coefficient (Wildman–Crippen LogP) is 3.69. The number of rotatable bonds is 6. The van der Waals surface area contributed by atoms with Gasteiger partial charge < -0.3 is 15.1 Å². The van der Waals surface area contributed by atoms with Crippen molar-refractivity contribution in [3.63, 3.8) is 0 Å². The minimum absolute atomic E-state index is 0.568. The fourth-order valence-corrected chi connectivity index (χ4v) is 3.12. The maximum Gasteiger partial charge on any atom is 0.226 e. The number of nitrogens with one attached hydrogen (secondary N) is 2. The van der Waals surface area contributed by atoms with Crippen LogP contribution < -0.4 is 10.6 Å². The lowest BCUT2D eigenvalue weighted by Gasteiger charge is -2.16. The number of nitrogens with zero attached hydrogens (tertiary/aromatic N) is 2. The summed E-state index contributed by atoms with van der Waals surface area (Å²) in [4.78, 5) is 9.26. The van der Waals surface area contributed by atoms with Crippen LogP contribution >= 0.6 is 0 Å². The molecule has 1 aromatic heterocycles. The summed E-state index contributed by atoms with van der Waals surface area (Å²) >= 11 is 0. The summed E-state index contributed by atoms with van der Waals surface area (Å²) in [7, 11) is 0. The highest BCUT2D eigenvalue weighted by Crippen LogP contribution is 2.19. The highest BCUT2D eigenvalue weighted by molar-refractivity contribution is 5.80. The van der Waals surface area contributed by atoms with Crippen LogP contribution in [0.5, 0.6) is 0 Å². The molecule has 1 aromatic carbocycles. The lowest BCUT2D eigenvalue weighted by molar-refractivity contribution is 0.572. The molecule has 0 unspecified atom stereocenters. The number of aryl methyl sites for hydroxylation is 1. The molecular formula is C20H28N4O. The van der Waals surface area contributed by atoms with Crippen molar-refractivity contribution in [1.29, 1.82) is 0 Å². The molecule has 0 radical (unpaired) electrons. The van der Waals surface area contributed by atoms with E-state index in [1.54, 1.807) is 6.26 Å². The summed E-state index contributed by atoms with van der Waals surface area (Å²) in [5.74, 6) is 1.59. The molecule has 1 heterocycles. The normalized spacial score (nSPS) is 15.5. The Labute approximate surface area is 150 Å². The van der Waals surface area contributed by atoms with Crippen molar-refractivity contribution in [2.45, 2.75) is 52.0 Å². The summed E-state index contributed by atoms with van der Waals surface area (Å²) in [6, 6.07) is 8.79. The van der Waals surface area contributed by atoms with Gasteiger partial charge in [-0.1, -0.05) is 30.5 Å². The fraction of sp³-hybridized carbons (Fsp3) is 0.500. The van der Waals surface area contributed by atoms with E-state index in [9.17, 15) is 0 Å². The van der Waals surface area contributed by atoms with Crippen LogP contribution in [-0.2, 0) is 6.42 Å². The molecule has 0 aliphatic heterocycles. The monoisotopic (exact) mass is 340 g/mol. The first kappa shape index (κ1) is 17.5. The molecule has 1 fully saturated rings. The Hall–Kier alpha value is -2.30. The van der Waals surface area contributed by atoms with E-state index in [1.165, 1.54) is 31.2 Å². The molecule has 1 saturated carbocycles. The highest BCUT2D eigenvalue weighted by Gasteiger charge is 2.15. The maximum atomic E-state index is 5.61. The van der Waals surface area contributed by atoms with E-state index in [1.807, 2.05) is 12.1 Å². The van der Waals surface area contributed by atoms with Gasteiger partial charge in [0.2, 0.25) is 5.89 Å². The number of hydrogen-bond acceptors (Lipinski definition) is 3. The van der Waals surface area contributed by atoms with Gasteiger partial charge in [0.15, 0.2) is 5.96 Å². The van der Waals surface area contributed by atoms with Crippen molar-refractivity contribution in [1.82, 2.24) is 15.6 Å². The average Bonchev–Trinajstić information content (AvgIpc) is 3.28. The molecule has 0 bridgehead atoms. The third-order valence-electron chi connectivity index (χ3n) is 4.53. The van der Waals surface area contributed by atoms with E-state index in [2.05, 4.69) is 46.6 Å². The van der Waals surface area contributed by atoms with Crippen molar-refractivity contribution in [2.75, 3.05) is 13.1 Å². The first-order valence-corrected chi connectivity index (χ1v) is 9.31. The third-order valence-corrected chi connectivity index (χ3v) is 4.53. The van der Waals surface area contributed by atoms with E-state index in [0.29, 0.717) is 18.5 Å². The zero-order valence-corrected chi connectivity index (χ0v) is 15.2. The Balaban J connectivity index is 1.55. The smallest absolute Gasteiger partial charge is 0.226 e. The standard InChI is InChI=1S/C20H28N4O/c1-3-21-20(24-17-6-4-5-7-17)22-13-12-18-14-25-19(23-18)16-10-8-15(2)9-11-16/h8-11,14,17H,3-7,12-13H2,1-2H3,(H2,21,22,24). The second-order valence-corrected chi connectivity index (χ2v) is 6.65. The van der Waals surface area contributed by atoms with Crippen molar-refractivity contribution in [3.05, 3.63) is 41.8 Å². The molecule has 2 N–H and O–H groups in total. The average molecular weight is 340 g/mol. The molecule has 5 heteroatoms. The van der Waals surface area contributed by atoms with Gasteiger partial charge in [-0.25, -0.2) is 4.98 Å². The van der Waals surface area contributed by atoms with Crippen LogP contribution in [-0.4, -0.2) is 30.1 Å². The van der Waals surface area contributed by atoms with Gasteiger partial charge in [0.1, 0.15) is 6.26 Å². The van der Waals surface area contributed by atoms with Crippen LogP contribution in [0.25, 0.3) is 11.5 Å². The van der Waals surface area contributed by atoms with Gasteiger partial charge in [-0.15, -0.1) is 0 Å². The Kier molecular flexibility index (Phi) is 6.09. The number of benzene rings is 1. The molecule has 3 rings (SSSR count). The third kappa shape index (κ3) is 5.08. The first-order valence-electron chi connectivity index (χ1n) is 9.31. The summed E-state index contributed by atoms with van der Waals surface area (Å²) in [6.45, 7) is 5.74. The Morgan fingerprint density at radius 2 is 2.00 bits per heavy atom. The highest BCUT2D eigenvalue weighted by atomic mass is 16.3. The topological polar surface area (TPSA) is 62.5 Å². The van der Waals surface area contributed by atoms with Crippen molar-refractivity contribution in [3.8, 4) is 11.5 Å². The summed E-state index contributed by atoms with van der Waals surface area (Å²) in [6.07, 6.45) is 7.63. The minimum atomic E-state index is 0.568. The number of aromatic nitrogens is 1. The lowest BCUT2D eigenvalue weighted by Crippen LogP contribution is -2.42. The first-order chi connectivity index (χ1) is 12.2. The number of guanidine groups is 1. The van der Waals surface area contributed by atoms with E-state index in [-0.39, 0.29) is 0 Å². The van der Waals surface area contributed by atoms with E-state index < -0.39 is 0 Å². The lowest BCUT2D eigenvalue weighted by atomic mass is 10.1. The van der Waals surface area contributed by atoms with Gasteiger partial charge in [-0.3, -0.25) is 4.99 Å². The predicted molar refractivity (Wildman–Crippen MR) is 102 cm³/mol. The minimum Gasteiger partial charge on any atom is -0.444 e. The number of aliphatic imine (C=N–C) groups is 1. The molecule has 0 spiro atoms. The van der Waals surface area contributed by atoms with E-state index in [4.69, 9.17) is 4.42 Å². The fourth-order valence-electron chi connectivity index (χ4n) is 3.12. The maximum absolute atomic E-state index is 5.61. The van der Waals surface area contributed by atoms with Gasteiger partial charge in [0.05, 0.1) is 5.69 Å². The SMILES string of the molecule is CCNC(=NCCc1coc(-c2ccc(C)cc2)n1)NC1CCCC1. The summed E-state index contributed by atoms with van der Waals surface area (Å²) in [5, 5.41) is 6.86. The molecule has 0 amide bonds. The van der Waals surface area contributed by atoms with E-state index in [0.717, 1.165) is 30.2 Å². The molecule has 5 nitrogen and oxygen atoms in total. The Morgan fingerprint density at radius 1 is 1.24 bits per heavy atom. The second kappa shape index (κ2) is 8.70. The summed E-state index contributed by atoms with van der Waals surface area (Å²) in [5.41, 5.74) is 3.18. The zero-order chi connectivity index (χ0) is 17.5. The van der Waals surface area contributed by atoms with Gasteiger partial charge in [-0.05, 0) is 38.8 Å². The van der Waals surface area contributed by atoms with Crippen LogP contribution in [0.15, 0.2) is 39.9 Å². The Morgan fingerprint density at radius 3 is 2.72 bits per heavy atom. The van der Waals surface area contributed by atoms with Gasteiger partial charge >= 0.3 is 0 Å². The van der Waals surface area contributed by atoms with Crippen LogP contribution in [0.2, 0.25) is 0 Å². The van der Waals surface area contributed by atoms with Crippen molar-refractivity contribution in [2.24, 2.45) is 4.99 Å². The van der Waals surface area contributed by atoms with Crippen LogP contribution in [0, 0.1) is 6.92 Å². The molecule has 1 aliphatic rings. The van der Waals surface area contributed by atoms with Gasteiger partial charge in [0.25, 0.3) is 0 Å². The Bertz CT molecular complexity index is 684. The second-order valence-electron chi connectivity index (χ2n) is 6.65. The van der Waals surface area contributed by atoms with Gasteiger partial charge in [0, 0.05) is 31.1 Å².